The molecule has 5 nitrogen and oxygen atoms in total. The number of rotatable bonds is 7. The van der Waals surface area contributed by atoms with Crippen LogP contribution in [0.1, 0.15) is 23.2 Å². The Kier molecular flexibility index (Phi) is 5.34. The highest BCUT2D eigenvalue weighted by atomic mass is 32.1. The quantitative estimate of drug-likeness (QED) is 0.770. The third kappa shape index (κ3) is 4.61. The molecule has 0 aliphatic rings. The third-order valence-corrected chi connectivity index (χ3v) is 3.47. The van der Waals surface area contributed by atoms with Crippen molar-refractivity contribution >= 4 is 28.9 Å². The summed E-state index contributed by atoms with van der Waals surface area (Å²) in [6.07, 6.45) is 0.842. The van der Waals surface area contributed by atoms with Crippen LogP contribution in [0.3, 0.4) is 0 Å². The lowest BCUT2D eigenvalue weighted by molar-refractivity contribution is -0.116. The molecule has 0 spiro atoms. The van der Waals surface area contributed by atoms with Gasteiger partial charge in [-0.1, -0.05) is 18.2 Å². The van der Waals surface area contributed by atoms with Crippen LogP contribution in [-0.4, -0.2) is 23.6 Å². The van der Waals surface area contributed by atoms with Crippen LogP contribution in [0, 0.1) is 0 Å². The molecule has 1 aromatic carbocycles. The molecule has 21 heavy (non-hydrogen) atoms. The summed E-state index contributed by atoms with van der Waals surface area (Å²) in [5, 5.41) is 14.7. The van der Waals surface area contributed by atoms with Gasteiger partial charge in [0, 0.05) is 17.2 Å². The van der Waals surface area contributed by atoms with Gasteiger partial charge in [0.2, 0.25) is 5.91 Å². The normalized spacial score (nSPS) is 10.1. The number of hydrogen-bond acceptors (Lipinski definition) is 4. The van der Waals surface area contributed by atoms with Crippen molar-refractivity contribution in [1.29, 1.82) is 0 Å². The monoisotopic (exact) mass is 305 g/mol. The fourth-order valence-corrected chi connectivity index (χ4v) is 2.47. The topological polar surface area (TPSA) is 75.6 Å². The first-order valence-corrected chi connectivity index (χ1v) is 7.38. The van der Waals surface area contributed by atoms with Gasteiger partial charge in [0.15, 0.2) is 0 Å². The fourth-order valence-electron chi connectivity index (χ4n) is 1.71. The summed E-state index contributed by atoms with van der Waals surface area (Å²) in [7, 11) is 0. The molecule has 1 aromatic heterocycles. The second-order valence-corrected chi connectivity index (χ2v) is 5.06. The largest absolute Gasteiger partial charge is 0.494 e. The van der Waals surface area contributed by atoms with E-state index in [0.717, 1.165) is 5.75 Å². The molecule has 1 amide bonds. The maximum atomic E-state index is 11.7. The number of amides is 1. The molecule has 2 rings (SSSR count). The number of aromatic carboxylic acids is 1. The Morgan fingerprint density at radius 3 is 2.67 bits per heavy atom. The van der Waals surface area contributed by atoms with E-state index in [1.165, 1.54) is 16.7 Å². The first-order chi connectivity index (χ1) is 10.2. The molecule has 2 aromatic rings. The summed E-state index contributed by atoms with van der Waals surface area (Å²) in [4.78, 5) is 22.7. The van der Waals surface area contributed by atoms with Crippen LogP contribution in [0.4, 0.5) is 5.69 Å². The average molecular weight is 305 g/mol. The fraction of sp³-hybridized carbons (Fsp3) is 0.200. The zero-order valence-corrected chi connectivity index (χ0v) is 12.1. The molecule has 0 saturated carbocycles. The number of anilines is 1. The molecule has 0 radical (unpaired) electrons. The van der Waals surface area contributed by atoms with Gasteiger partial charge in [-0.2, -0.15) is 0 Å². The molecule has 1 heterocycles. The third-order valence-electron chi connectivity index (χ3n) is 2.73. The van der Waals surface area contributed by atoms with Gasteiger partial charge in [-0.05, 0) is 18.6 Å². The number of carboxylic acids is 1. The Morgan fingerprint density at radius 2 is 1.95 bits per heavy atom. The number of nitrogens with one attached hydrogen (secondary N) is 1. The minimum Gasteiger partial charge on any atom is -0.494 e. The Bertz CT molecular complexity index is 609. The molecule has 0 saturated heterocycles. The summed E-state index contributed by atoms with van der Waals surface area (Å²) in [6, 6.07) is 9.37. The minimum atomic E-state index is -1.04. The van der Waals surface area contributed by atoms with Crippen LogP contribution in [0.5, 0.6) is 5.75 Å². The van der Waals surface area contributed by atoms with Gasteiger partial charge >= 0.3 is 5.97 Å². The zero-order valence-electron chi connectivity index (χ0n) is 11.2. The van der Waals surface area contributed by atoms with E-state index in [2.05, 4.69) is 5.32 Å². The predicted octanol–water partition coefficient (Wildman–Crippen LogP) is 3.24. The van der Waals surface area contributed by atoms with Gasteiger partial charge < -0.3 is 15.2 Å². The van der Waals surface area contributed by atoms with E-state index in [1.807, 2.05) is 30.3 Å². The maximum absolute atomic E-state index is 11.7. The second-order valence-electron chi connectivity index (χ2n) is 4.32. The smallest absolute Gasteiger partial charge is 0.338 e. The van der Waals surface area contributed by atoms with Crippen LogP contribution in [0.25, 0.3) is 0 Å². The summed E-state index contributed by atoms with van der Waals surface area (Å²) >= 11 is 1.24. The molecular weight excluding hydrogens is 290 g/mol. The van der Waals surface area contributed by atoms with E-state index in [4.69, 9.17) is 9.84 Å². The van der Waals surface area contributed by atoms with Gasteiger partial charge in [-0.25, -0.2) is 4.79 Å². The van der Waals surface area contributed by atoms with Crippen molar-refractivity contribution in [2.75, 3.05) is 11.9 Å². The number of carbonyl (C=O) groups is 2. The second kappa shape index (κ2) is 7.44. The summed E-state index contributed by atoms with van der Waals surface area (Å²) in [5.41, 5.74) is 0.468. The van der Waals surface area contributed by atoms with E-state index >= 15 is 0 Å². The van der Waals surface area contributed by atoms with E-state index < -0.39 is 5.97 Å². The number of carboxylic acid groups (broad SMARTS) is 1. The van der Waals surface area contributed by atoms with Crippen molar-refractivity contribution in [2.45, 2.75) is 12.8 Å². The average Bonchev–Trinajstić information content (AvgIpc) is 2.93. The molecule has 0 atom stereocenters. The van der Waals surface area contributed by atoms with Crippen molar-refractivity contribution in [3.63, 3.8) is 0 Å². The van der Waals surface area contributed by atoms with E-state index in [-0.39, 0.29) is 17.9 Å². The van der Waals surface area contributed by atoms with Crippen molar-refractivity contribution in [1.82, 2.24) is 0 Å². The molecular formula is C15H15NO4S. The van der Waals surface area contributed by atoms with E-state index in [1.54, 1.807) is 5.38 Å². The van der Waals surface area contributed by atoms with Crippen molar-refractivity contribution in [3.05, 3.63) is 46.7 Å². The Hall–Kier alpha value is -2.34. The molecule has 6 heteroatoms. The summed E-state index contributed by atoms with van der Waals surface area (Å²) < 4.78 is 5.48. The predicted molar refractivity (Wildman–Crippen MR) is 81.1 cm³/mol. The highest BCUT2D eigenvalue weighted by molar-refractivity contribution is 7.08. The first kappa shape index (κ1) is 15.1. The van der Waals surface area contributed by atoms with E-state index in [0.29, 0.717) is 18.7 Å². The number of carbonyl (C=O) groups excluding carboxylic acids is 1. The van der Waals surface area contributed by atoms with Crippen LogP contribution in [0.15, 0.2) is 41.1 Å². The van der Waals surface area contributed by atoms with E-state index in [9.17, 15) is 9.59 Å². The summed E-state index contributed by atoms with van der Waals surface area (Å²) in [5.74, 6) is -0.490. The van der Waals surface area contributed by atoms with Crippen LogP contribution in [-0.2, 0) is 4.79 Å². The molecule has 110 valence electrons. The molecule has 0 bridgehead atoms. The lowest BCUT2D eigenvalue weighted by atomic mass is 10.2. The molecule has 0 aliphatic carbocycles. The first-order valence-electron chi connectivity index (χ1n) is 6.44. The van der Waals surface area contributed by atoms with Crippen LogP contribution < -0.4 is 10.1 Å². The van der Waals surface area contributed by atoms with Gasteiger partial charge in [-0.15, -0.1) is 11.3 Å². The Morgan fingerprint density at radius 1 is 1.19 bits per heavy atom. The number of thiophene rings is 1. The lowest BCUT2D eigenvalue weighted by Crippen LogP contribution is -2.14. The van der Waals surface area contributed by atoms with Gasteiger partial charge in [0.1, 0.15) is 5.75 Å². The van der Waals surface area contributed by atoms with Crippen LogP contribution in [0.2, 0.25) is 0 Å². The Balaban J connectivity index is 1.73. The van der Waals surface area contributed by atoms with Crippen molar-refractivity contribution in [3.8, 4) is 5.75 Å². The number of para-hydroxylation sites is 1. The van der Waals surface area contributed by atoms with Crippen molar-refractivity contribution < 1.29 is 19.4 Å². The number of ether oxygens (including phenoxy) is 1. The highest BCUT2D eigenvalue weighted by Crippen LogP contribution is 2.21. The van der Waals surface area contributed by atoms with Gasteiger partial charge in [-0.3, -0.25) is 4.79 Å². The number of hydrogen-bond donors (Lipinski definition) is 2. The minimum absolute atomic E-state index is 0.119. The highest BCUT2D eigenvalue weighted by Gasteiger charge is 2.13. The SMILES string of the molecule is O=C(CCCOc1ccccc1)Nc1cscc1C(=O)O. The van der Waals surface area contributed by atoms with Gasteiger partial charge in [0.05, 0.1) is 17.9 Å². The van der Waals surface area contributed by atoms with Crippen LogP contribution >= 0.6 is 11.3 Å². The summed E-state index contributed by atoms with van der Waals surface area (Å²) in [6.45, 7) is 0.437. The molecule has 0 aliphatic heterocycles. The lowest BCUT2D eigenvalue weighted by Gasteiger charge is -2.06. The van der Waals surface area contributed by atoms with Crippen molar-refractivity contribution in [2.24, 2.45) is 0 Å². The molecule has 2 N–H and O–H groups in total. The molecule has 0 fully saturated rings. The standard InChI is InChI=1S/C15H15NO4S/c17-14(16-13-10-21-9-12(13)15(18)19)7-4-8-20-11-5-2-1-3-6-11/h1-3,5-6,9-10H,4,7-8H2,(H,16,17)(H,18,19). The molecule has 0 unspecified atom stereocenters. The zero-order chi connectivity index (χ0) is 15.1. The maximum Gasteiger partial charge on any atom is 0.338 e. The Labute approximate surface area is 126 Å². The van der Waals surface area contributed by atoms with Gasteiger partial charge in [0.25, 0.3) is 0 Å². The number of benzene rings is 1.